The van der Waals surface area contributed by atoms with Crippen LogP contribution in [0.15, 0.2) is 66.7 Å². The molecule has 0 bridgehead atoms. The Kier molecular flexibility index (Phi) is 4.40. The van der Waals surface area contributed by atoms with Crippen LogP contribution in [0.4, 0.5) is 26.3 Å². The predicted octanol–water partition coefficient (Wildman–Crippen LogP) is 6.82. The molecule has 0 fully saturated rings. The van der Waals surface area contributed by atoms with Crippen LogP contribution in [-0.2, 0) is 18.9 Å². The van der Waals surface area contributed by atoms with E-state index in [1.54, 1.807) is 47.0 Å². The lowest BCUT2D eigenvalue weighted by molar-refractivity contribution is -0.143. The molecule has 0 radical (unpaired) electrons. The van der Waals surface area contributed by atoms with Gasteiger partial charge < -0.3 is 4.57 Å². The number of fused-ring (bicyclic) bond motifs is 4. The van der Waals surface area contributed by atoms with Crippen molar-refractivity contribution in [1.29, 1.82) is 0 Å². The highest BCUT2D eigenvalue weighted by molar-refractivity contribution is 6.06. The third-order valence-corrected chi connectivity index (χ3v) is 5.25. The molecular formula is C23H13F6N3. The molecule has 0 aliphatic rings. The molecule has 3 aromatic carbocycles. The van der Waals surface area contributed by atoms with Gasteiger partial charge in [0.05, 0.1) is 27.7 Å². The average molecular weight is 445 g/mol. The Balaban J connectivity index is 1.76. The highest BCUT2D eigenvalue weighted by atomic mass is 19.4. The summed E-state index contributed by atoms with van der Waals surface area (Å²) in [6.45, 7) is -0.232. The number of aromatic nitrogens is 3. The van der Waals surface area contributed by atoms with E-state index in [4.69, 9.17) is 0 Å². The van der Waals surface area contributed by atoms with Crippen molar-refractivity contribution in [3.63, 3.8) is 0 Å². The molecule has 2 aromatic heterocycles. The Morgan fingerprint density at radius 2 is 1.25 bits per heavy atom. The molecule has 0 aliphatic carbocycles. The van der Waals surface area contributed by atoms with Crippen LogP contribution in [-0.4, -0.2) is 14.5 Å². The first-order valence-electron chi connectivity index (χ1n) is 9.53. The van der Waals surface area contributed by atoms with Crippen LogP contribution in [0.5, 0.6) is 0 Å². The van der Waals surface area contributed by atoms with Crippen molar-refractivity contribution in [2.24, 2.45) is 0 Å². The van der Waals surface area contributed by atoms with E-state index >= 15 is 0 Å². The second kappa shape index (κ2) is 6.94. The van der Waals surface area contributed by atoms with Gasteiger partial charge in [-0.3, -0.25) is 0 Å². The molecular weight excluding hydrogens is 432 g/mol. The van der Waals surface area contributed by atoms with Gasteiger partial charge in [-0.05, 0) is 42.0 Å². The van der Waals surface area contributed by atoms with Crippen molar-refractivity contribution in [2.75, 3.05) is 0 Å². The van der Waals surface area contributed by atoms with Gasteiger partial charge in [-0.1, -0.05) is 30.3 Å². The van der Waals surface area contributed by atoms with Gasteiger partial charge in [-0.25, -0.2) is 9.97 Å². The molecule has 0 amide bonds. The summed E-state index contributed by atoms with van der Waals surface area (Å²) in [4.78, 5) is 9.25. The first kappa shape index (κ1) is 20.3. The maximum absolute atomic E-state index is 13.3. The lowest BCUT2D eigenvalue weighted by Gasteiger charge is -2.15. The van der Waals surface area contributed by atoms with Crippen molar-refractivity contribution < 1.29 is 26.3 Å². The molecule has 0 aliphatic heterocycles. The zero-order valence-corrected chi connectivity index (χ0v) is 16.2. The van der Waals surface area contributed by atoms with Crippen LogP contribution >= 0.6 is 0 Å². The summed E-state index contributed by atoms with van der Waals surface area (Å²) in [6.07, 6.45) is -9.82. The van der Waals surface area contributed by atoms with Crippen molar-refractivity contribution >= 4 is 33.1 Å². The molecule has 0 atom stereocenters. The number of hydrogen-bond acceptors (Lipinski definition) is 2. The van der Waals surface area contributed by atoms with Gasteiger partial charge in [0.2, 0.25) is 0 Å². The number of benzene rings is 3. The SMILES string of the molecule is FC(F)(F)c1cc(Cn2c3ccccc3c3nc4ccccc4nc32)cc(C(F)(F)F)c1. The van der Waals surface area contributed by atoms with Gasteiger partial charge in [0.15, 0.2) is 5.65 Å². The molecule has 5 rings (SSSR count). The lowest BCUT2D eigenvalue weighted by atomic mass is 10.0. The van der Waals surface area contributed by atoms with Gasteiger partial charge in [0.1, 0.15) is 5.52 Å². The molecule has 0 N–H and O–H groups in total. The molecule has 9 heteroatoms. The van der Waals surface area contributed by atoms with Gasteiger partial charge in [-0.2, -0.15) is 26.3 Å². The van der Waals surface area contributed by atoms with E-state index in [1.807, 2.05) is 6.07 Å². The van der Waals surface area contributed by atoms with E-state index in [0.29, 0.717) is 33.1 Å². The summed E-state index contributed by atoms with van der Waals surface area (Å²) in [5.74, 6) is 0. The molecule has 3 nitrogen and oxygen atoms in total. The fraction of sp³-hybridized carbons (Fsp3) is 0.130. The Morgan fingerprint density at radius 1 is 0.688 bits per heavy atom. The molecule has 5 aromatic rings. The number of para-hydroxylation sites is 3. The van der Waals surface area contributed by atoms with Gasteiger partial charge in [0, 0.05) is 11.9 Å². The molecule has 0 spiro atoms. The van der Waals surface area contributed by atoms with Crippen LogP contribution in [0.25, 0.3) is 33.1 Å². The van der Waals surface area contributed by atoms with Crippen LogP contribution in [0.2, 0.25) is 0 Å². The largest absolute Gasteiger partial charge is 0.416 e. The zero-order chi connectivity index (χ0) is 22.7. The Hall–Kier alpha value is -3.62. The van der Waals surface area contributed by atoms with E-state index < -0.39 is 23.5 Å². The minimum atomic E-state index is -4.91. The molecule has 32 heavy (non-hydrogen) atoms. The van der Waals surface area contributed by atoms with E-state index in [2.05, 4.69) is 9.97 Å². The van der Waals surface area contributed by atoms with Crippen molar-refractivity contribution in [3.8, 4) is 0 Å². The average Bonchev–Trinajstić information content (AvgIpc) is 3.04. The number of nitrogens with zero attached hydrogens (tertiary/aromatic N) is 3. The molecule has 162 valence electrons. The zero-order valence-electron chi connectivity index (χ0n) is 16.2. The van der Waals surface area contributed by atoms with E-state index in [0.717, 1.165) is 12.1 Å². The van der Waals surface area contributed by atoms with Crippen molar-refractivity contribution in [3.05, 3.63) is 83.4 Å². The maximum atomic E-state index is 13.3. The Bertz CT molecular complexity index is 1450. The van der Waals surface area contributed by atoms with Crippen LogP contribution in [0.3, 0.4) is 0 Å². The van der Waals surface area contributed by atoms with Crippen LogP contribution in [0, 0.1) is 0 Å². The van der Waals surface area contributed by atoms with Crippen LogP contribution < -0.4 is 0 Å². The minimum absolute atomic E-state index is 0.128. The van der Waals surface area contributed by atoms with Gasteiger partial charge in [0.25, 0.3) is 0 Å². The fourth-order valence-electron chi connectivity index (χ4n) is 3.84. The number of halogens is 6. The summed E-state index contributed by atoms with van der Waals surface area (Å²) >= 11 is 0. The van der Waals surface area contributed by atoms with E-state index in [1.165, 1.54) is 0 Å². The van der Waals surface area contributed by atoms with E-state index in [9.17, 15) is 26.3 Å². The van der Waals surface area contributed by atoms with Gasteiger partial charge in [-0.15, -0.1) is 0 Å². The lowest BCUT2D eigenvalue weighted by Crippen LogP contribution is -2.13. The normalized spacial score (nSPS) is 12.8. The highest BCUT2D eigenvalue weighted by Gasteiger charge is 2.37. The minimum Gasteiger partial charge on any atom is -0.319 e. The summed E-state index contributed by atoms with van der Waals surface area (Å²) in [6, 6.07) is 15.8. The summed E-state index contributed by atoms with van der Waals surface area (Å²) < 4.78 is 81.4. The van der Waals surface area contributed by atoms with Crippen molar-refractivity contribution in [2.45, 2.75) is 18.9 Å². The Morgan fingerprint density at radius 3 is 1.88 bits per heavy atom. The monoisotopic (exact) mass is 445 g/mol. The molecule has 0 saturated carbocycles. The third-order valence-electron chi connectivity index (χ3n) is 5.25. The second-order valence-electron chi connectivity index (χ2n) is 7.40. The highest BCUT2D eigenvalue weighted by Crippen LogP contribution is 2.37. The smallest absolute Gasteiger partial charge is 0.319 e. The first-order chi connectivity index (χ1) is 15.1. The summed E-state index contributed by atoms with van der Waals surface area (Å²) in [7, 11) is 0. The standard InChI is InChI=1S/C23H13F6N3/c24-22(25,26)14-9-13(10-15(11-14)23(27,28)29)12-32-19-8-4-1-5-16(19)20-21(32)31-18-7-3-2-6-17(18)30-20/h1-11H,12H2. The fourth-order valence-corrected chi connectivity index (χ4v) is 3.84. The van der Waals surface area contributed by atoms with Crippen molar-refractivity contribution in [1.82, 2.24) is 14.5 Å². The molecule has 0 saturated heterocycles. The van der Waals surface area contributed by atoms with Crippen LogP contribution in [0.1, 0.15) is 16.7 Å². The second-order valence-corrected chi connectivity index (χ2v) is 7.40. The Labute approximate surface area is 176 Å². The quantitative estimate of drug-likeness (QED) is 0.279. The predicted molar refractivity (Wildman–Crippen MR) is 108 cm³/mol. The summed E-state index contributed by atoms with van der Waals surface area (Å²) in [5, 5.41) is 0.712. The third kappa shape index (κ3) is 3.43. The maximum Gasteiger partial charge on any atom is 0.416 e. The van der Waals surface area contributed by atoms with E-state index in [-0.39, 0.29) is 18.2 Å². The number of rotatable bonds is 2. The molecule has 0 unspecified atom stereocenters. The number of hydrogen-bond donors (Lipinski definition) is 0. The topological polar surface area (TPSA) is 30.7 Å². The number of alkyl halides is 6. The molecule has 2 heterocycles. The summed E-state index contributed by atoms with van der Waals surface area (Å²) in [5.41, 5.74) is -0.0867. The first-order valence-corrected chi connectivity index (χ1v) is 9.53. The van der Waals surface area contributed by atoms with Gasteiger partial charge >= 0.3 is 12.4 Å².